The number of alkyl halides is 2. The van der Waals surface area contributed by atoms with Gasteiger partial charge in [-0.1, -0.05) is 29.3 Å². The molecular weight excluding hydrogens is 247 g/mol. The molecule has 1 aliphatic heterocycles. The minimum atomic E-state index is -0.898. The Balaban J connectivity index is 2.27. The van der Waals surface area contributed by atoms with Crippen LogP contribution in [0.15, 0.2) is 24.3 Å². The van der Waals surface area contributed by atoms with Crippen molar-refractivity contribution in [3.63, 3.8) is 0 Å². The molecule has 5 heteroatoms. The number of hydrogen-bond acceptors (Lipinski definition) is 3. The van der Waals surface area contributed by atoms with Crippen LogP contribution >= 0.6 is 23.2 Å². The zero-order chi connectivity index (χ0) is 11.6. The maximum atomic E-state index is 6.26. The molecule has 88 valence electrons. The van der Waals surface area contributed by atoms with Gasteiger partial charge in [-0.05, 0) is 12.1 Å². The Morgan fingerprint density at radius 2 is 2.25 bits per heavy atom. The number of hydrogen-bond donors (Lipinski definition) is 1. The molecule has 3 nitrogen and oxygen atoms in total. The molecule has 0 aliphatic carbocycles. The SMILES string of the molecule is COc1cccc(N2CCNCC2(Cl)Cl)c1. The number of methoxy groups -OCH3 is 1. The Labute approximate surface area is 105 Å². The third-order valence-corrected chi connectivity index (χ3v) is 3.29. The molecule has 1 fully saturated rings. The van der Waals surface area contributed by atoms with Gasteiger partial charge in [0.1, 0.15) is 5.75 Å². The fourth-order valence-corrected chi connectivity index (χ4v) is 2.34. The van der Waals surface area contributed by atoms with Gasteiger partial charge in [-0.25, -0.2) is 0 Å². The largest absolute Gasteiger partial charge is 0.497 e. The Morgan fingerprint density at radius 3 is 2.94 bits per heavy atom. The number of nitrogens with one attached hydrogen (secondary N) is 1. The van der Waals surface area contributed by atoms with Crippen LogP contribution in [0, 0.1) is 0 Å². The van der Waals surface area contributed by atoms with Crippen molar-refractivity contribution < 1.29 is 4.74 Å². The predicted octanol–water partition coefficient (Wildman–Crippen LogP) is 2.24. The van der Waals surface area contributed by atoms with Crippen molar-refractivity contribution in [1.82, 2.24) is 5.32 Å². The highest BCUT2D eigenvalue weighted by atomic mass is 35.5. The van der Waals surface area contributed by atoms with E-state index in [1.165, 1.54) is 0 Å². The summed E-state index contributed by atoms with van der Waals surface area (Å²) in [6, 6.07) is 7.74. The van der Waals surface area contributed by atoms with Crippen molar-refractivity contribution in [3.8, 4) is 5.75 Å². The van der Waals surface area contributed by atoms with Crippen LogP contribution in [-0.2, 0) is 0 Å². The van der Waals surface area contributed by atoms with Crippen LogP contribution in [0.3, 0.4) is 0 Å². The van der Waals surface area contributed by atoms with Crippen molar-refractivity contribution >= 4 is 28.9 Å². The van der Waals surface area contributed by atoms with Crippen molar-refractivity contribution in [2.45, 2.75) is 4.46 Å². The minimum absolute atomic E-state index is 0.549. The van der Waals surface area contributed by atoms with Crippen molar-refractivity contribution in [3.05, 3.63) is 24.3 Å². The predicted molar refractivity (Wildman–Crippen MR) is 67.6 cm³/mol. The summed E-state index contributed by atoms with van der Waals surface area (Å²) < 4.78 is 4.29. The van der Waals surface area contributed by atoms with E-state index < -0.39 is 4.46 Å². The third kappa shape index (κ3) is 2.37. The van der Waals surface area contributed by atoms with Crippen molar-refractivity contribution in [1.29, 1.82) is 0 Å². The van der Waals surface area contributed by atoms with E-state index in [1.54, 1.807) is 7.11 Å². The second-order valence-corrected chi connectivity index (χ2v) is 5.14. The topological polar surface area (TPSA) is 24.5 Å². The number of nitrogens with zero attached hydrogens (tertiary/aromatic N) is 1. The fraction of sp³-hybridized carbons (Fsp3) is 0.455. The van der Waals surface area contributed by atoms with E-state index in [2.05, 4.69) is 5.32 Å². The molecule has 1 aliphatic rings. The Bertz CT molecular complexity index is 371. The molecule has 0 amide bonds. The normalized spacial score (nSPS) is 19.6. The van der Waals surface area contributed by atoms with E-state index in [0.29, 0.717) is 6.54 Å². The zero-order valence-electron chi connectivity index (χ0n) is 9.04. The minimum Gasteiger partial charge on any atom is -0.497 e. The molecule has 0 unspecified atom stereocenters. The number of piperazine rings is 1. The molecule has 1 aromatic carbocycles. The highest BCUT2D eigenvalue weighted by Crippen LogP contribution is 2.33. The molecule has 0 aromatic heterocycles. The molecule has 0 bridgehead atoms. The first-order valence-electron chi connectivity index (χ1n) is 5.14. The Kier molecular flexibility index (Phi) is 3.47. The van der Waals surface area contributed by atoms with Crippen LogP contribution in [0.25, 0.3) is 0 Å². The summed E-state index contributed by atoms with van der Waals surface area (Å²) in [5.74, 6) is 0.806. The van der Waals surface area contributed by atoms with Crippen LogP contribution in [0.1, 0.15) is 0 Å². The summed E-state index contributed by atoms with van der Waals surface area (Å²) >= 11 is 12.5. The van der Waals surface area contributed by atoms with Gasteiger partial charge in [-0.15, -0.1) is 0 Å². The molecule has 0 atom stereocenters. The van der Waals surface area contributed by atoms with Crippen LogP contribution in [-0.4, -0.2) is 31.2 Å². The first-order valence-corrected chi connectivity index (χ1v) is 5.89. The number of halogens is 2. The number of rotatable bonds is 2. The summed E-state index contributed by atoms with van der Waals surface area (Å²) in [6.45, 7) is 2.20. The fourth-order valence-electron chi connectivity index (χ4n) is 1.78. The van der Waals surface area contributed by atoms with Gasteiger partial charge in [0.2, 0.25) is 4.46 Å². The third-order valence-electron chi connectivity index (χ3n) is 2.61. The summed E-state index contributed by atoms with van der Waals surface area (Å²) in [4.78, 5) is 1.97. The van der Waals surface area contributed by atoms with Crippen LogP contribution in [0.2, 0.25) is 0 Å². The van der Waals surface area contributed by atoms with Gasteiger partial charge < -0.3 is 15.0 Å². The van der Waals surface area contributed by atoms with Gasteiger partial charge in [-0.3, -0.25) is 0 Å². The van der Waals surface area contributed by atoms with E-state index in [-0.39, 0.29) is 0 Å². The van der Waals surface area contributed by atoms with Crippen LogP contribution in [0.5, 0.6) is 5.75 Å². The molecule has 1 heterocycles. The van der Waals surface area contributed by atoms with Crippen LogP contribution in [0.4, 0.5) is 5.69 Å². The number of ether oxygens (including phenoxy) is 1. The molecule has 1 aromatic rings. The molecule has 1 N–H and O–H groups in total. The molecule has 0 saturated carbocycles. The maximum Gasteiger partial charge on any atom is 0.203 e. The van der Waals surface area contributed by atoms with Crippen molar-refractivity contribution in [2.75, 3.05) is 31.6 Å². The average Bonchev–Trinajstić information content (AvgIpc) is 2.28. The smallest absolute Gasteiger partial charge is 0.203 e. The molecule has 16 heavy (non-hydrogen) atoms. The van der Waals surface area contributed by atoms with E-state index >= 15 is 0 Å². The molecular formula is C11H14Cl2N2O. The highest BCUT2D eigenvalue weighted by Gasteiger charge is 2.34. The highest BCUT2D eigenvalue weighted by molar-refractivity contribution is 6.50. The standard InChI is InChI=1S/C11H14Cl2N2O/c1-16-10-4-2-3-9(7-10)15-6-5-14-8-11(15,12)13/h2-4,7,14H,5-6,8H2,1H3. The van der Waals surface area contributed by atoms with Gasteiger partial charge in [0.15, 0.2) is 0 Å². The second-order valence-electron chi connectivity index (χ2n) is 3.70. The van der Waals surface area contributed by atoms with Crippen LogP contribution < -0.4 is 15.0 Å². The maximum absolute atomic E-state index is 6.26. The van der Waals surface area contributed by atoms with Gasteiger partial charge in [0.25, 0.3) is 0 Å². The van der Waals surface area contributed by atoms with Gasteiger partial charge in [-0.2, -0.15) is 0 Å². The number of anilines is 1. The lowest BCUT2D eigenvalue weighted by atomic mass is 10.2. The van der Waals surface area contributed by atoms with Gasteiger partial charge in [0.05, 0.1) is 7.11 Å². The summed E-state index contributed by atoms with van der Waals surface area (Å²) in [5, 5.41) is 3.17. The molecule has 0 spiro atoms. The Morgan fingerprint density at radius 1 is 1.44 bits per heavy atom. The van der Waals surface area contributed by atoms with E-state index in [0.717, 1.165) is 24.5 Å². The lowest BCUT2D eigenvalue weighted by Gasteiger charge is -2.40. The van der Waals surface area contributed by atoms with Gasteiger partial charge >= 0.3 is 0 Å². The lowest BCUT2D eigenvalue weighted by molar-refractivity contribution is 0.414. The molecule has 0 radical (unpaired) electrons. The lowest BCUT2D eigenvalue weighted by Crippen LogP contribution is -2.55. The molecule has 1 saturated heterocycles. The second kappa shape index (κ2) is 4.70. The summed E-state index contributed by atoms with van der Waals surface area (Å²) in [7, 11) is 1.64. The summed E-state index contributed by atoms with van der Waals surface area (Å²) in [5.41, 5.74) is 0.978. The first kappa shape index (κ1) is 11.8. The Hall–Kier alpha value is -0.640. The average molecular weight is 261 g/mol. The molecule has 2 rings (SSSR count). The van der Waals surface area contributed by atoms with E-state index in [9.17, 15) is 0 Å². The van der Waals surface area contributed by atoms with E-state index in [4.69, 9.17) is 27.9 Å². The summed E-state index contributed by atoms with van der Waals surface area (Å²) in [6.07, 6.45) is 0. The monoisotopic (exact) mass is 260 g/mol. The first-order chi connectivity index (χ1) is 7.63. The zero-order valence-corrected chi connectivity index (χ0v) is 10.6. The van der Waals surface area contributed by atoms with E-state index in [1.807, 2.05) is 29.2 Å². The van der Waals surface area contributed by atoms with Gasteiger partial charge in [0, 0.05) is 31.4 Å². The number of benzene rings is 1. The van der Waals surface area contributed by atoms with Crippen molar-refractivity contribution in [2.24, 2.45) is 0 Å². The quantitative estimate of drug-likeness (QED) is 0.652.